The van der Waals surface area contributed by atoms with E-state index in [1.54, 1.807) is 6.07 Å². The van der Waals surface area contributed by atoms with E-state index in [-0.39, 0.29) is 11.9 Å². The summed E-state index contributed by atoms with van der Waals surface area (Å²) in [6.45, 7) is 6.81. The van der Waals surface area contributed by atoms with Gasteiger partial charge in [0.2, 0.25) is 0 Å². The molecule has 3 aromatic rings. The van der Waals surface area contributed by atoms with Crippen molar-refractivity contribution >= 4 is 5.91 Å². The van der Waals surface area contributed by atoms with Crippen molar-refractivity contribution in [2.75, 3.05) is 19.6 Å². The highest BCUT2D eigenvalue weighted by Crippen LogP contribution is 2.25. The van der Waals surface area contributed by atoms with Crippen molar-refractivity contribution in [3.05, 3.63) is 77.0 Å². The van der Waals surface area contributed by atoms with Crippen LogP contribution in [-0.4, -0.2) is 35.6 Å². The molecular weight excluding hydrogens is 362 g/mol. The molecule has 0 saturated carbocycles. The second-order valence-electron chi connectivity index (χ2n) is 7.82. The largest absolute Gasteiger partial charge is 0.355 e. The van der Waals surface area contributed by atoms with Gasteiger partial charge in [-0.05, 0) is 45.3 Å². The molecule has 1 atom stereocenters. The van der Waals surface area contributed by atoms with Crippen molar-refractivity contribution in [1.82, 2.24) is 15.4 Å². The first kappa shape index (κ1) is 19.4. The van der Waals surface area contributed by atoms with E-state index < -0.39 is 0 Å². The molecule has 0 bridgehead atoms. The second-order valence-corrected chi connectivity index (χ2v) is 7.82. The van der Waals surface area contributed by atoms with Crippen molar-refractivity contribution in [3.8, 4) is 11.3 Å². The summed E-state index contributed by atoms with van der Waals surface area (Å²) in [6, 6.07) is 18.4. The van der Waals surface area contributed by atoms with Crippen LogP contribution in [0, 0.1) is 13.8 Å². The van der Waals surface area contributed by atoms with Gasteiger partial charge in [0.1, 0.15) is 0 Å². The number of benzene rings is 2. The van der Waals surface area contributed by atoms with E-state index in [2.05, 4.69) is 46.6 Å². The van der Waals surface area contributed by atoms with Crippen molar-refractivity contribution in [2.24, 2.45) is 0 Å². The van der Waals surface area contributed by atoms with Gasteiger partial charge in [-0.25, -0.2) is 0 Å². The van der Waals surface area contributed by atoms with Gasteiger partial charge in [-0.2, -0.15) is 0 Å². The molecule has 1 aliphatic heterocycles. The lowest BCUT2D eigenvalue weighted by atomic mass is 10.0. The molecule has 0 radical (unpaired) electrons. The molecule has 2 heterocycles. The third-order valence-corrected chi connectivity index (χ3v) is 5.58. The Hall–Kier alpha value is -2.92. The minimum atomic E-state index is -0.205. The van der Waals surface area contributed by atoms with Gasteiger partial charge < -0.3 is 9.84 Å². The Labute approximate surface area is 171 Å². The van der Waals surface area contributed by atoms with Crippen LogP contribution in [0.15, 0.2) is 59.1 Å². The first-order chi connectivity index (χ1) is 14.1. The third kappa shape index (κ3) is 4.57. The Bertz CT molecular complexity index is 955. The minimum absolute atomic E-state index is 0.172. The number of hydrogen-bond donors (Lipinski definition) is 1. The number of carbonyl (C=O) groups excluding carboxylic acids is 1. The van der Waals surface area contributed by atoms with Crippen LogP contribution in [0.25, 0.3) is 11.3 Å². The summed E-state index contributed by atoms with van der Waals surface area (Å²) in [7, 11) is 0. The van der Waals surface area contributed by atoms with E-state index in [0.717, 1.165) is 18.7 Å². The molecule has 29 heavy (non-hydrogen) atoms. The van der Waals surface area contributed by atoms with Crippen molar-refractivity contribution in [1.29, 1.82) is 0 Å². The maximum Gasteiger partial charge on any atom is 0.273 e. The highest BCUT2D eigenvalue weighted by molar-refractivity contribution is 5.93. The molecule has 1 fully saturated rings. The molecule has 0 spiro atoms. The molecule has 0 aliphatic carbocycles. The number of rotatable bonds is 6. The van der Waals surface area contributed by atoms with E-state index in [1.807, 2.05) is 31.2 Å². The van der Waals surface area contributed by atoms with Crippen molar-refractivity contribution < 1.29 is 9.32 Å². The average Bonchev–Trinajstić information content (AvgIpc) is 3.42. The number of carbonyl (C=O) groups is 1. The summed E-state index contributed by atoms with van der Waals surface area (Å²) < 4.78 is 5.39. The number of hydrogen-bond acceptors (Lipinski definition) is 4. The van der Waals surface area contributed by atoms with Crippen LogP contribution in [0.5, 0.6) is 0 Å². The second kappa shape index (κ2) is 8.62. The Morgan fingerprint density at radius 3 is 2.31 bits per heavy atom. The van der Waals surface area contributed by atoms with E-state index >= 15 is 0 Å². The van der Waals surface area contributed by atoms with Crippen LogP contribution in [-0.2, 0) is 0 Å². The Balaban J connectivity index is 1.45. The van der Waals surface area contributed by atoms with Crippen LogP contribution < -0.4 is 5.32 Å². The molecule has 5 nitrogen and oxygen atoms in total. The molecule has 1 aromatic heterocycles. The number of likely N-dealkylation sites (tertiary alicyclic amines) is 1. The van der Waals surface area contributed by atoms with Crippen LogP contribution in [0.4, 0.5) is 0 Å². The zero-order valence-electron chi connectivity index (χ0n) is 17.0. The number of nitrogens with one attached hydrogen (secondary N) is 1. The highest BCUT2D eigenvalue weighted by atomic mass is 16.5. The van der Waals surface area contributed by atoms with E-state index in [1.165, 1.54) is 29.5 Å². The maximum atomic E-state index is 12.7. The number of amides is 1. The normalized spacial score (nSPS) is 15.4. The molecule has 1 saturated heterocycles. The van der Waals surface area contributed by atoms with Gasteiger partial charge in [-0.1, -0.05) is 64.8 Å². The lowest BCUT2D eigenvalue weighted by molar-refractivity contribution is 0.0929. The summed E-state index contributed by atoms with van der Waals surface area (Å²) in [6.07, 6.45) is 2.42. The number of aromatic nitrogens is 1. The van der Waals surface area contributed by atoms with Gasteiger partial charge in [0, 0.05) is 18.2 Å². The Morgan fingerprint density at radius 2 is 1.66 bits per heavy atom. The summed E-state index contributed by atoms with van der Waals surface area (Å²) in [5.74, 6) is 0.396. The number of nitrogens with zero attached hydrogens (tertiary/aromatic N) is 2. The molecular formula is C24H27N3O2. The van der Waals surface area contributed by atoms with Crippen molar-refractivity contribution in [2.45, 2.75) is 32.7 Å². The van der Waals surface area contributed by atoms with Gasteiger partial charge in [0.15, 0.2) is 11.5 Å². The fourth-order valence-electron chi connectivity index (χ4n) is 3.82. The third-order valence-electron chi connectivity index (χ3n) is 5.58. The van der Waals surface area contributed by atoms with E-state index in [9.17, 15) is 4.79 Å². The van der Waals surface area contributed by atoms with Gasteiger partial charge >= 0.3 is 0 Å². The van der Waals surface area contributed by atoms with Gasteiger partial charge in [-0.3, -0.25) is 9.69 Å². The monoisotopic (exact) mass is 389 g/mol. The van der Waals surface area contributed by atoms with Crippen LogP contribution in [0.2, 0.25) is 0 Å². The zero-order valence-corrected chi connectivity index (χ0v) is 17.0. The molecule has 4 rings (SSSR count). The number of aryl methyl sites for hydroxylation is 2. The molecule has 1 N–H and O–H groups in total. The van der Waals surface area contributed by atoms with Crippen LogP contribution >= 0.6 is 0 Å². The van der Waals surface area contributed by atoms with Gasteiger partial charge in [0.05, 0.1) is 6.04 Å². The van der Waals surface area contributed by atoms with E-state index in [4.69, 9.17) is 4.52 Å². The predicted octanol–water partition coefficient (Wildman–Crippen LogP) is 4.53. The standard InChI is InChI=1S/C24H27N3O2/c1-17-5-9-19(10-6-17)22(27-13-3-4-14-27)16-25-24(28)21-15-23(29-26-21)20-11-7-18(2)8-12-20/h5-12,15,22H,3-4,13-14,16H2,1-2H3,(H,25,28)/t22-/m1/s1. The molecule has 0 unspecified atom stereocenters. The highest BCUT2D eigenvalue weighted by Gasteiger charge is 2.24. The molecule has 5 heteroatoms. The fourth-order valence-corrected chi connectivity index (χ4v) is 3.82. The van der Waals surface area contributed by atoms with Crippen LogP contribution in [0.3, 0.4) is 0 Å². The average molecular weight is 389 g/mol. The van der Waals surface area contributed by atoms with Crippen LogP contribution in [0.1, 0.15) is 46.1 Å². The van der Waals surface area contributed by atoms with Gasteiger partial charge in [-0.15, -0.1) is 0 Å². The topological polar surface area (TPSA) is 58.4 Å². The smallest absolute Gasteiger partial charge is 0.273 e. The Morgan fingerprint density at radius 1 is 1.03 bits per heavy atom. The Kier molecular flexibility index (Phi) is 5.76. The zero-order chi connectivity index (χ0) is 20.2. The summed E-state index contributed by atoms with van der Waals surface area (Å²) in [5, 5.41) is 7.03. The molecule has 2 aromatic carbocycles. The maximum absolute atomic E-state index is 12.7. The van der Waals surface area contributed by atoms with Crippen molar-refractivity contribution in [3.63, 3.8) is 0 Å². The molecule has 150 valence electrons. The fraction of sp³-hybridized carbons (Fsp3) is 0.333. The quantitative estimate of drug-likeness (QED) is 0.673. The molecule has 1 aliphatic rings. The lowest BCUT2D eigenvalue weighted by Crippen LogP contribution is -2.36. The minimum Gasteiger partial charge on any atom is -0.355 e. The summed E-state index contributed by atoms with van der Waals surface area (Å²) in [4.78, 5) is 15.1. The van der Waals surface area contributed by atoms with E-state index in [0.29, 0.717) is 18.0 Å². The SMILES string of the molecule is Cc1ccc(-c2cc(C(=O)NC[C@H](c3ccc(C)cc3)N3CCCC3)no2)cc1. The summed E-state index contributed by atoms with van der Waals surface area (Å²) in [5.41, 5.74) is 4.87. The predicted molar refractivity (Wildman–Crippen MR) is 114 cm³/mol. The first-order valence-electron chi connectivity index (χ1n) is 10.2. The molecule has 1 amide bonds. The lowest BCUT2D eigenvalue weighted by Gasteiger charge is -2.28. The first-order valence-corrected chi connectivity index (χ1v) is 10.2. The van der Waals surface area contributed by atoms with Gasteiger partial charge in [0.25, 0.3) is 5.91 Å². The summed E-state index contributed by atoms with van der Waals surface area (Å²) >= 11 is 0.